The van der Waals surface area contributed by atoms with Crippen LogP contribution in [0.2, 0.25) is 0 Å². The molecular weight excluding hydrogens is 372 g/mol. The molecule has 2 aromatic rings. The summed E-state index contributed by atoms with van der Waals surface area (Å²) in [6.45, 7) is 4.12. The first-order chi connectivity index (χ1) is 13.6. The van der Waals surface area contributed by atoms with Gasteiger partial charge in [-0.05, 0) is 36.8 Å². The lowest BCUT2D eigenvalue weighted by Crippen LogP contribution is -2.50. The van der Waals surface area contributed by atoms with E-state index in [9.17, 15) is 9.59 Å². The van der Waals surface area contributed by atoms with Crippen LogP contribution < -0.4 is 11.1 Å². The first kappa shape index (κ1) is 19.0. The van der Waals surface area contributed by atoms with Crippen LogP contribution in [-0.2, 0) is 19.3 Å². The molecule has 3 N–H and O–H groups in total. The quantitative estimate of drug-likeness (QED) is 0.813. The van der Waals surface area contributed by atoms with Crippen LogP contribution in [0.15, 0.2) is 30.3 Å². The molecule has 1 aliphatic carbocycles. The van der Waals surface area contributed by atoms with E-state index in [1.165, 1.54) is 21.8 Å². The zero-order valence-corrected chi connectivity index (χ0v) is 16.8. The Morgan fingerprint density at radius 2 is 1.82 bits per heavy atom. The zero-order chi connectivity index (χ0) is 19.5. The highest BCUT2D eigenvalue weighted by Gasteiger charge is 2.28. The molecule has 4 rings (SSSR count). The molecule has 2 heterocycles. The van der Waals surface area contributed by atoms with Crippen LogP contribution in [0.3, 0.4) is 0 Å². The maximum absolute atomic E-state index is 12.7. The number of amides is 3. The molecule has 148 valence electrons. The summed E-state index contributed by atoms with van der Waals surface area (Å²) in [6.07, 6.45) is 3.92. The van der Waals surface area contributed by atoms with E-state index in [4.69, 9.17) is 5.73 Å². The van der Waals surface area contributed by atoms with Gasteiger partial charge in [0.15, 0.2) is 0 Å². The number of thiophene rings is 1. The van der Waals surface area contributed by atoms with E-state index >= 15 is 0 Å². The molecule has 0 unspecified atom stereocenters. The summed E-state index contributed by atoms with van der Waals surface area (Å²) in [5.41, 5.74) is 8.48. The number of urea groups is 1. The first-order valence-corrected chi connectivity index (χ1v) is 10.7. The molecule has 6 nitrogen and oxygen atoms in total. The third-order valence-electron chi connectivity index (χ3n) is 5.61. The number of carbonyl (C=O) groups is 2. The van der Waals surface area contributed by atoms with Crippen molar-refractivity contribution in [3.63, 3.8) is 0 Å². The van der Waals surface area contributed by atoms with E-state index in [0.29, 0.717) is 23.7 Å². The number of nitrogens with one attached hydrogen (secondary N) is 1. The summed E-state index contributed by atoms with van der Waals surface area (Å²) >= 11 is 1.51. The van der Waals surface area contributed by atoms with Crippen LogP contribution in [0.25, 0.3) is 0 Å². The van der Waals surface area contributed by atoms with Crippen molar-refractivity contribution in [1.82, 2.24) is 9.80 Å². The number of rotatable bonds is 5. The molecule has 0 radical (unpaired) electrons. The molecule has 28 heavy (non-hydrogen) atoms. The van der Waals surface area contributed by atoms with Gasteiger partial charge in [0.2, 0.25) is 0 Å². The number of hydrogen-bond donors (Lipinski definition) is 2. The second-order valence-electron chi connectivity index (χ2n) is 7.42. The van der Waals surface area contributed by atoms with Crippen molar-refractivity contribution in [2.24, 2.45) is 5.73 Å². The van der Waals surface area contributed by atoms with Crippen molar-refractivity contribution < 1.29 is 9.59 Å². The molecule has 1 saturated heterocycles. The van der Waals surface area contributed by atoms with Gasteiger partial charge in [-0.3, -0.25) is 15.0 Å². The maximum Gasteiger partial charge on any atom is 0.322 e. The standard InChI is InChI=1S/C21H26N4O2S/c22-19(26)18-16-7-4-8-17(16)28-20(18)23-21(27)25-13-11-24(12-14-25)10-9-15-5-2-1-3-6-15/h1-3,5-6H,4,7-14H2,(H2,22,26)(H,23,27). The van der Waals surface area contributed by atoms with Crippen molar-refractivity contribution in [3.8, 4) is 0 Å². The van der Waals surface area contributed by atoms with E-state index in [1.54, 1.807) is 0 Å². The van der Waals surface area contributed by atoms with Crippen LogP contribution in [0.5, 0.6) is 0 Å². The number of hydrogen-bond acceptors (Lipinski definition) is 4. The highest BCUT2D eigenvalue weighted by atomic mass is 32.1. The highest BCUT2D eigenvalue weighted by Crippen LogP contribution is 2.38. The summed E-state index contributed by atoms with van der Waals surface area (Å²) in [5.74, 6) is -0.444. The fraction of sp³-hybridized carbons (Fsp3) is 0.429. The molecule has 1 aliphatic heterocycles. The fourth-order valence-electron chi connectivity index (χ4n) is 4.04. The maximum atomic E-state index is 12.7. The lowest BCUT2D eigenvalue weighted by atomic mass is 10.1. The Balaban J connectivity index is 1.31. The summed E-state index contributed by atoms with van der Waals surface area (Å²) in [6, 6.07) is 10.3. The predicted molar refractivity (Wildman–Crippen MR) is 112 cm³/mol. The van der Waals surface area contributed by atoms with Crippen molar-refractivity contribution in [2.45, 2.75) is 25.7 Å². The highest BCUT2D eigenvalue weighted by molar-refractivity contribution is 7.17. The minimum Gasteiger partial charge on any atom is -0.365 e. The Hall–Kier alpha value is -2.38. The number of aryl methyl sites for hydroxylation is 1. The van der Waals surface area contributed by atoms with E-state index in [2.05, 4.69) is 34.5 Å². The zero-order valence-electron chi connectivity index (χ0n) is 15.9. The normalized spacial score (nSPS) is 16.8. The molecule has 3 amide bonds. The Bertz CT molecular complexity index is 857. The number of piperazine rings is 1. The summed E-state index contributed by atoms with van der Waals surface area (Å²) < 4.78 is 0. The molecular formula is C21H26N4O2S. The molecule has 7 heteroatoms. The van der Waals surface area contributed by atoms with Gasteiger partial charge in [0.1, 0.15) is 5.00 Å². The van der Waals surface area contributed by atoms with Crippen LogP contribution in [0, 0.1) is 0 Å². The van der Waals surface area contributed by atoms with Gasteiger partial charge >= 0.3 is 6.03 Å². The van der Waals surface area contributed by atoms with Gasteiger partial charge in [-0.15, -0.1) is 11.3 Å². The molecule has 1 aromatic heterocycles. The topological polar surface area (TPSA) is 78.7 Å². The Morgan fingerprint density at radius 1 is 1.07 bits per heavy atom. The minimum absolute atomic E-state index is 0.134. The van der Waals surface area contributed by atoms with Crippen molar-refractivity contribution in [2.75, 3.05) is 38.0 Å². The molecule has 1 aromatic carbocycles. The van der Waals surface area contributed by atoms with Crippen LogP contribution in [0.4, 0.5) is 9.80 Å². The smallest absolute Gasteiger partial charge is 0.322 e. The van der Waals surface area contributed by atoms with Gasteiger partial charge in [-0.1, -0.05) is 30.3 Å². The predicted octanol–water partition coefficient (Wildman–Crippen LogP) is 2.73. The van der Waals surface area contributed by atoms with E-state index in [0.717, 1.165) is 50.9 Å². The third kappa shape index (κ3) is 4.05. The Labute approximate surface area is 169 Å². The van der Waals surface area contributed by atoms with E-state index in [-0.39, 0.29) is 6.03 Å². The van der Waals surface area contributed by atoms with Crippen LogP contribution in [0.1, 0.15) is 32.8 Å². The van der Waals surface area contributed by atoms with Crippen molar-refractivity contribution in [1.29, 1.82) is 0 Å². The van der Waals surface area contributed by atoms with Crippen molar-refractivity contribution >= 4 is 28.3 Å². The SMILES string of the molecule is NC(=O)c1c(NC(=O)N2CCN(CCc3ccccc3)CC2)sc2c1CCC2. The number of nitrogens with zero attached hydrogens (tertiary/aromatic N) is 2. The molecule has 0 atom stereocenters. The van der Waals surface area contributed by atoms with E-state index in [1.807, 2.05) is 11.0 Å². The van der Waals surface area contributed by atoms with Crippen molar-refractivity contribution in [3.05, 3.63) is 51.9 Å². The second-order valence-corrected chi connectivity index (χ2v) is 8.53. The number of fused-ring (bicyclic) bond motifs is 1. The van der Waals surface area contributed by atoms with Crippen LogP contribution >= 0.6 is 11.3 Å². The largest absolute Gasteiger partial charge is 0.365 e. The first-order valence-electron chi connectivity index (χ1n) is 9.88. The third-order valence-corrected chi connectivity index (χ3v) is 6.81. The number of nitrogens with two attached hydrogens (primary N) is 1. The van der Waals surface area contributed by atoms with Gasteiger partial charge < -0.3 is 10.6 Å². The average Bonchev–Trinajstić information content (AvgIpc) is 3.28. The lowest BCUT2D eigenvalue weighted by Gasteiger charge is -2.34. The second kappa shape index (κ2) is 8.32. The molecule has 2 aliphatic rings. The molecule has 0 bridgehead atoms. The Morgan fingerprint density at radius 3 is 2.54 bits per heavy atom. The van der Waals surface area contributed by atoms with Gasteiger partial charge in [0, 0.05) is 37.6 Å². The number of primary amides is 1. The summed E-state index contributed by atoms with van der Waals surface area (Å²) in [7, 11) is 0. The lowest BCUT2D eigenvalue weighted by molar-refractivity contribution is 0.100. The fourth-order valence-corrected chi connectivity index (χ4v) is 5.32. The Kier molecular flexibility index (Phi) is 5.64. The molecule has 1 fully saturated rings. The monoisotopic (exact) mass is 398 g/mol. The van der Waals surface area contributed by atoms with Gasteiger partial charge in [-0.2, -0.15) is 0 Å². The average molecular weight is 399 g/mol. The van der Waals surface area contributed by atoms with Crippen LogP contribution in [-0.4, -0.2) is 54.5 Å². The summed E-state index contributed by atoms with van der Waals surface area (Å²) in [5, 5.41) is 3.57. The molecule has 0 spiro atoms. The minimum atomic E-state index is -0.444. The molecule has 0 saturated carbocycles. The number of anilines is 1. The summed E-state index contributed by atoms with van der Waals surface area (Å²) in [4.78, 5) is 30.0. The van der Waals surface area contributed by atoms with Gasteiger partial charge in [0.05, 0.1) is 5.56 Å². The number of carbonyl (C=O) groups excluding carboxylic acids is 2. The number of benzene rings is 1. The van der Waals surface area contributed by atoms with Gasteiger partial charge in [0.25, 0.3) is 5.91 Å². The van der Waals surface area contributed by atoms with E-state index < -0.39 is 5.91 Å². The van der Waals surface area contributed by atoms with Gasteiger partial charge in [-0.25, -0.2) is 4.79 Å².